The van der Waals surface area contributed by atoms with Gasteiger partial charge in [0.2, 0.25) is 0 Å². The Balaban J connectivity index is 2.33. The average Bonchev–Trinajstić information content (AvgIpc) is 2.73. The van der Waals surface area contributed by atoms with Crippen molar-refractivity contribution < 1.29 is 4.42 Å². The van der Waals surface area contributed by atoms with Crippen LogP contribution in [0.3, 0.4) is 0 Å². The lowest BCUT2D eigenvalue weighted by molar-refractivity contribution is 0.530. The standard InChI is InChI=1S/C11H11BrOS/c1-7-3-4-10(14-7)11(12)9-5-6-13-8(9)2/h3-6,11H,1-2H3. The Morgan fingerprint density at radius 1 is 1.29 bits per heavy atom. The van der Waals surface area contributed by atoms with E-state index in [9.17, 15) is 0 Å². The lowest BCUT2D eigenvalue weighted by Crippen LogP contribution is -1.88. The third kappa shape index (κ3) is 1.79. The van der Waals surface area contributed by atoms with Crippen LogP contribution >= 0.6 is 27.3 Å². The molecule has 0 aliphatic heterocycles. The van der Waals surface area contributed by atoms with Gasteiger partial charge < -0.3 is 4.42 Å². The van der Waals surface area contributed by atoms with Gasteiger partial charge in [0, 0.05) is 15.3 Å². The van der Waals surface area contributed by atoms with Crippen molar-refractivity contribution >= 4 is 27.3 Å². The number of thiophene rings is 1. The largest absolute Gasteiger partial charge is 0.469 e. The van der Waals surface area contributed by atoms with Crippen LogP contribution in [0, 0.1) is 13.8 Å². The van der Waals surface area contributed by atoms with Crippen LogP contribution in [0.2, 0.25) is 0 Å². The number of halogens is 1. The van der Waals surface area contributed by atoms with E-state index in [4.69, 9.17) is 4.42 Å². The van der Waals surface area contributed by atoms with Crippen LogP contribution in [0.4, 0.5) is 0 Å². The molecule has 0 bridgehead atoms. The predicted octanol–water partition coefficient (Wildman–Crippen LogP) is 4.44. The van der Waals surface area contributed by atoms with Crippen molar-refractivity contribution in [3.63, 3.8) is 0 Å². The minimum Gasteiger partial charge on any atom is -0.469 e. The molecule has 1 unspecified atom stereocenters. The first-order valence-electron chi connectivity index (χ1n) is 4.43. The zero-order valence-corrected chi connectivity index (χ0v) is 10.5. The first-order chi connectivity index (χ1) is 6.68. The van der Waals surface area contributed by atoms with Gasteiger partial charge in [0.1, 0.15) is 5.76 Å². The van der Waals surface area contributed by atoms with Crippen molar-refractivity contribution in [3.8, 4) is 0 Å². The smallest absolute Gasteiger partial charge is 0.105 e. The monoisotopic (exact) mass is 270 g/mol. The van der Waals surface area contributed by atoms with Gasteiger partial charge in [-0.3, -0.25) is 0 Å². The number of aryl methyl sites for hydroxylation is 2. The summed E-state index contributed by atoms with van der Waals surface area (Å²) in [5, 5.41) is 0. The van der Waals surface area contributed by atoms with Crippen LogP contribution in [0.1, 0.15) is 25.9 Å². The number of hydrogen-bond donors (Lipinski definition) is 0. The Hall–Kier alpha value is -0.540. The van der Waals surface area contributed by atoms with E-state index in [2.05, 4.69) is 35.0 Å². The molecule has 0 fully saturated rings. The van der Waals surface area contributed by atoms with Crippen LogP contribution in [-0.2, 0) is 0 Å². The summed E-state index contributed by atoms with van der Waals surface area (Å²) < 4.78 is 5.29. The fourth-order valence-corrected chi connectivity index (χ4v) is 3.18. The van der Waals surface area contributed by atoms with E-state index in [1.807, 2.05) is 24.3 Å². The molecule has 0 saturated carbocycles. The second kappa shape index (κ2) is 3.91. The number of hydrogen-bond acceptors (Lipinski definition) is 2. The second-order valence-electron chi connectivity index (χ2n) is 3.24. The highest BCUT2D eigenvalue weighted by molar-refractivity contribution is 9.09. The molecular formula is C11H11BrOS. The van der Waals surface area contributed by atoms with Gasteiger partial charge in [-0.05, 0) is 32.0 Å². The minimum atomic E-state index is 0.264. The molecule has 14 heavy (non-hydrogen) atoms. The Kier molecular flexibility index (Phi) is 2.79. The first-order valence-corrected chi connectivity index (χ1v) is 6.16. The number of furan rings is 1. The average molecular weight is 271 g/mol. The molecule has 0 aliphatic carbocycles. The van der Waals surface area contributed by atoms with Gasteiger partial charge in [0.25, 0.3) is 0 Å². The quantitative estimate of drug-likeness (QED) is 0.736. The lowest BCUT2D eigenvalue weighted by Gasteiger charge is -2.05. The molecule has 2 heterocycles. The molecule has 1 nitrogen and oxygen atoms in total. The summed E-state index contributed by atoms with van der Waals surface area (Å²) in [6.07, 6.45) is 1.74. The van der Waals surface area contributed by atoms with Crippen molar-refractivity contribution in [1.82, 2.24) is 0 Å². The molecular weight excluding hydrogens is 260 g/mol. The van der Waals surface area contributed by atoms with Crippen LogP contribution in [0.25, 0.3) is 0 Å². The molecule has 2 rings (SSSR count). The van der Waals surface area contributed by atoms with Crippen molar-refractivity contribution in [2.24, 2.45) is 0 Å². The molecule has 74 valence electrons. The van der Waals surface area contributed by atoms with Gasteiger partial charge in [-0.15, -0.1) is 11.3 Å². The third-order valence-corrected chi connectivity index (χ3v) is 4.54. The topological polar surface area (TPSA) is 13.1 Å². The highest BCUT2D eigenvalue weighted by atomic mass is 79.9. The summed E-state index contributed by atoms with van der Waals surface area (Å²) in [5.74, 6) is 0.984. The van der Waals surface area contributed by atoms with E-state index in [0.29, 0.717) is 0 Å². The van der Waals surface area contributed by atoms with E-state index in [-0.39, 0.29) is 4.83 Å². The van der Waals surface area contributed by atoms with Crippen molar-refractivity contribution in [3.05, 3.63) is 45.5 Å². The van der Waals surface area contributed by atoms with E-state index < -0.39 is 0 Å². The van der Waals surface area contributed by atoms with Gasteiger partial charge in [-0.2, -0.15) is 0 Å². The van der Waals surface area contributed by atoms with Crippen LogP contribution in [-0.4, -0.2) is 0 Å². The highest BCUT2D eigenvalue weighted by Crippen LogP contribution is 2.36. The van der Waals surface area contributed by atoms with Gasteiger partial charge in [-0.1, -0.05) is 15.9 Å². The Morgan fingerprint density at radius 2 is 2.07 bits per heavy atom. The molecule has 0 N–H and O–H groups in total. The lowest BCUT2D eigenvalue weighted by atomic mass is 10.1. The minimum absolute atomic E-state index is 0.264. The predicted molar refractivity (Wildman–Crippen MR) is 63.3 cm³/mol. The molecule has 3 heteroatoms. The summed E-state index contributed by atoms with van der Waals surface area (Å²) in [5.41, 5.74) is 1.21. The Labute approximate surface area is 95.9 Å². The van der Waals surface area contributed by atoms with E-state index in [1.54, 1.807) is 6.26 Å². The zero-order chi connectivity index (χ0) is 10.1. The van der Waals surface area contributed by atoms with Crippen molar-refractivity contribution in [1.29, 1.82) is 0 Å². The Morgan fingerprint density at radius 3 is 2.57 bits per heavy atom. The first kappa shape index (κ1) is 9.99. The van der Waals surface area contributed by atoms with Crippen LogP contribution in [0.5, 0.6) is 0 Å². The molecule has 0 saturated heterocycles. The maximum absolute atomic E-state index is 5.29. The van der Waals surface area contributed by atoms with E-state index in [1.165, 1.54) is 15.3 Å². The SMILES string of the molecule is Cc1ccc(C(Br)c2ccoc2C)s1. The fourth-order valence-electron chi connectivity index (χ4n) is 1.40. The summed E-state index contributed by atoms with van der Waals surface area (Å²) >= 11 is 5.50. The molecule has 2 aromatic rings. The number of rotatable bonds is 2. The van der Waals surface area contributed by atoms with Gasteiger partial charge in [-0.25, -0.2) is 0 Å². The molecule has 2 aromatic heterocycles. The maximum Gasteiger partial charge on any atom is 0.105 e. The summed E-state index contributed by atoms with van der Waals surface area (Å²) in [4.78, 5) is 2.93. The van der Waals surface area contributed by atoms with Crippen LogP contribution < -0.4 is 0 Å². The maximum atomic E-state index is 5.29. The summed E-state index contributed by atoms with van der Waals surface area (Å²) in [6.45, 7) is 4.11. The normalized spacial score (nSPS) is 13.1. The van der Waals surface area contributed by atoms with E-state index in [0.717, 1.165) is 5.76 Å². The van der Waals surface area contributed by atoms with Crippen LogP contribution in [0.15, 0.2) is 28.9 Å². The zero-order valence-electron chi connectivity index (χ0n) is 8.08. The van der Waals surface area contributed by atoms with Crippen molar-refractivity contribution in [2.75, 3.05) is 0 Å². The molecule has 0 radical (unpaired) electrons. The highest BCUT2D eigenvalue weighted by Gasteiger charge is 2.15. The molecule has 0 spiro atoms. The van der Waals surface area contributed by atoms with Gasteiger partial charge >= 0.3 is 0 Å². The van der Waals surface area contributed by atoms with Crippen molar-refractivity contribution in [2.45, 2.75) is 18.7 Å². The third-order valence-electron chi connectivity index (χ3n) is 2.18. The molecule has 0 aliphatic rings. The molecule has 0 aromatic carbocycles. The number of alkyl halides is 1. The summed E-state index contributed by atoms with van der Waals surface area (Å²) in [7, 11) is 0. The molecule has 0 amide bonds. The van der Waals surface area contributed by atoms with E-state index >= 15 is 0 Å². The second-order valence-corrected chi connectivity index (χ2v) is 5.48. The van der Waals surface area contributed by atoms with Gasteiger partial charge in [0.15, 0.2) is 0 Å². The molecule has 1 atom stereocenters. The Bertz CT molecular complexity index is 430. The summed E-state index contributed by atoms with van der Waals surface area (Å²) in [6, 6.07) is 6.32. The van der Waals surface area contributed by atoms with Gasteiger partial charge in [0.05, 0.1) is 11.1 Å². The fraction of sp³-hybridized carbons (Fsp3) is 0.273.